The summed E-state index contributed by atoms with van der Waals surface area (Å²) in [4.78, 5) is 13.8. The van der Waals surface area contributed by atoms with Crippen molar-refractivity contribution in [2.75, 3.05) is 11.5 Å². The fourth-order valence-electron chi connectivity index (χ4n) is 2.81. The number of aromatic amines is 1. The first-order chi connectivity index (χ1) is 12.6. The molecule has 0 atom stereocenters. The number of aromatic nitrogens is 6. The summed E-state index contributed by atoms with van der Waals surface area (Å²) in [6.45, 7) is 0.401. The van der Waals surface area contributed by atoms with E-state index in [-0.39, 0.29) is 5.56 Å². The highest BCUT2D eigenvalue weighted by molar-refractivity contribution is 7.99. The smallest absolute Gasteiger partial charge is 0.291 e. The zero-order valence-electron chi connectivity index (χ0n) is 14.0. The van der Waals surface area contributed by atoms with Gasteiger partial charge in [-0.25, -0.2) is 9.06 Å². The Morgan fingerprint density at radius 3 is 3.00 bits per heavy atom. The Hall–Kier alpha value is -2.59. The van der Waals surface area contributed by atoms with E-state index >= 15 is 0 Å². The molecule has 4 aromatic rings. The second-order valence-electron chi connectivity index (χ2n) is 5.84. The maximum atomic E-state index is 12.9. The molecule has 0 radical (unpaired) electrons. The normalized spacial score (nSPS) is 11.4. The van der Waals surface area contributed by atoms with Crippen molar-refractivity contribution < 1.29 is 0 Å². The van der Waals surface area contributed by atoms with E-state index in [1.807, 2.05) is 24.7 Å². The molecule has 0 aliphatic carbocycles. The molecule has 10 heteroatoms. The van der Waals surface area contributed by atoms with E-state index < -0.39 is 0 Å². The highest BCUT2D eigenvalue weighted by atomic mass is 32.2. The molecule has 4 heterocycles. The Balaban J connectivity index is 1.65. The van der Waals surface area contributed by atoms with Gasteiger partial charge in [-0.1, -0.05) is 0 Å². The van der Waals surface area contributed by atoms with E-state index in [1.54, 1.807) is 28.7 Å². The molecule has 0 saturated heterocycles. The van der Waals surface area contributed by atoms with Crippen molar-refractivity contribution in [3.63, 3.8) is 0 Å². The van der Waals surface area contributed by atoms with Crippen molar-refractivity contribution in [3.8, 4) is 0 Å². The lowest BCUT2D eigenvalue weighted by Crippen LogP contribution is -2.24. The van der Waals surface area contributed by atoms with Crippen molar-refractivity contribution in [1.82, 2.24) is 28.9 Å². The van der Waals surface area contributed by atoms with Crippen molar-refractivity contribution >= 4 is 40.0 Å². The third-order valence-electron chi connectivity index (χ3n) is 4.17. The van der Waals surface area contributed by atoms with Gasteiger partial charge in [0.1, 0.15) is 11.3 Å². The predicted molar refractivity (Wildman–Crippen MR) is 104 cm³/mol. The van der Waals surface area contributed by atoms with Gasteiger partial charge in [-0.05, 0) is 17.6 Å². The Morgan fingerprint density at radius 1 is 1.38 bits per heavy atom. The van der Waals surface area contributed by atoms with Crippen LogP contribution < -0.4 is 11.3 Å². The van der Waals surface area contributed by atoms with Gasteiger partial charge in [-0.2, -0.15) is 10.2 Å². The topological polar surface area (TPSA) is 107 Å². The molecule has 0 aliphatic heterocycles. The molecule has 8 nitrogen and oxygen atoms in total. The molecular weight excluding hydrogens is 370 g/mol. The molecule has 0 saturated carbocycles. The minimum absolute atomic E-state index is 0.151. The minimum Gasteiger partial charge on any atom is -0.384 e. The molecular formula is C16H17N7OS2. The highest BCUT2D eigenvalue weighted by Gasteiger charge is 2.18. The van der Waals surface area contributed by atoms with Gasteiger partial charge >= 0.3 is 0 Å². The van der Waals surface area contributed by atoms with Gasteiger partial charge in [-0.15, -0.1) is 11.8 Å². The van der Waals surface area contributed by atoms with E-state index in [1.165, 1.54) is 16.2 Å². The summed E-state index contributed by atoms with van der Waals surface area (Å²) in [6.07, 6.45) is 6.10. The van der Waals surface area contributed by atoms with E-state index in [9.17, 15) is 4.79 Å². The van der Waals surface area contributed by atoms with Crippen LogP contribution in [0.2, 0.25) is 0 Å². The Kier molecular flexibility index (Phi) is 4.51. The average Bonchev–Trinajstić information content (AvgIpc) is 3.36. The van der Waals surface area contributed by atoms with E-state index in [0.717, 1.165) is 33.7 Å². The van der Waals surface area contributed by atoms with Gasteiger partial charge in [0.05, 0.1) is 23.3 Å². The number of nitrogens with two attached hydrogens (primary N) is 1. The Morgan fingerprint density at radius 2 is 2.27 bits per heavy atom. The van der Waals surface area contributed by atoms with E-state index in [0.29, 0.717) is 17.9 Å². The lowest BCUT2D eigenvalue weighted by Gasteiger charge is -2.04. The van der Waals surface area contributed by atoms with E-state index in [4.69, 9.17) is 5.73 Å². The van der Waals surface area contributed by atoms with Gasteiger partial charge in [0, 0.05) is 47.9 Å². The number of thioether (sulfide) groups is 1. The fourth-order valence-corrected chi connectivity index (χ4v) is 4.44. The van der Waals surface area contributed by atoms with Crippen molar-refractivity contribution in [2.45, 2.75) is 17.9 Å². The average molecular weight is 387 g/mol. The second-order valence-corrected chi connectivity index (χ2v) is 7.60. The van der Waals surface area contributed by atoms with Crippen molar-refractivity contribution in [3.05, 3.63) is 51.6 Å². The highest BCUT2D eigenvalue weighted by Crippen LogP contribution is 2.34. The Bertz CT molecular complexity index is 1080. The van der Waals surface area contributed by atoms with Crippen LogP contribution in [0.3, 0.4) is 0 Å². The Labute approximate surface area is 157 Å². The monoisotopic (exact) mass is 387 g/mol. The van der Waals surface area contributed by atoms with Gasteiger partial charge in [0.25, 0.3) is 5.56 Å². The van der Waals surface area contributed by atoms with Crippen LogP contribution in [-0.4, -0.2) is 34.7 Å². The predicted octanol–water partition coefficient (Wildman–Crippen LogP) is 1.88. The summed E-state index contributed by atoms with van der Waals surface area (Å²) in [5.74, 6) is 1.40. The quantitative estimate of drug-likeness (QED) is 0.489. The van der Waals surface area contributed by atoms with Gasteiger partial charge in [0.15, 0.2) is 0 Å². The summed E-state index contributed by atoms with van der Waals surface area (Å²) < 4.78 is 7.26. The first-order valence-electron chi connectivity index (χ1n) is 7.99. The largest absolute Gasteiger partial charge is 0.384 e. The van der Waals surface area contributed by atoms with Crippen LogP contribution in [0.1, 0.15) is 11.3 Å². The zero-order chi connectivity index (χ0) is 18.1. The molecule has 4 rings (SSSR count). The number of nitrogens with one attached hydrogen (secondary N) is 1. The minimum atomic E-state index is -0.151. The molecule has 0 fully saturated rings. The van der Waals surface area contributed by atoms with Gasteiger partial charge in [-0.3, -0.25) is 9.89 Å². The molecule has 0 unspecified atom stereocenters. The van der Waals surface area contributed by atoms with Crippen LogP contribution in [0.15, 0.2) is 39.7 Å². The molecule has 134 valence electrons. The third-order valence-corrected chi connectivity index (χ3v) is 5.93. The summed E-state index contributed by atoms with van der Waals surface area (Å²) in [5, 5.41) is 14.0. The number of anilines is 1. The zero-order valence-corrected chi connectivity index (χ0v) is 15.7. The van der Waals surface area contributed by atoms with Crippen molar-refractivity contribution in [2.24, 2.45) is 7.05 Å². The number of aryl methyl sites for hydroxylation is 2. The number of H-pyrrole nitrogens is 1. The molecule has 0 aliphatic rings. The third kappa shape index (κ3) is 3.01. The molecule has 26 heavy (non-hydrogen) atoms. The number of nitrogen functional groups attached to an aromatic ring is 1. The maximum Gasteiger partial charge on any atom is 0.291 e. The lowest BCUT2D eigenvalue weighted by atomic mass is 10.3. The summed E-state index contributed by atoms with van der Waals surface area (Å²) >= 11 is 2.98. The SMILES string of the molecule is Cn1c(N)c(SCCc2cc[nH]n2)c2cnn(Cc3cnsc3)c(=O)c21. The number of nitrogens with zero attached hydrogens (tertiary/aromatic N) is 5. The molecule has 0 aromatic carbocycles. The number of fused-ring (bicyclic) bond motifs is 1. The first kappa shape index (κ1) is 16.9. The van der Waals surface area contributed by atoms with Crippen LogP contribution >= 0.6 is 23.3 Å². The van der Waals surface area contributed by atoms with Crippen molar-refractivity contribution in [1.29, 1.82) is 0 Å². The second kappa shape index (κ2) is 6.96. The molecule has 4 aromatic heterocycles. The number of hydrogen-bond donors (Lipinski definition) is 2. The number of rotatable bonds is 6. The summed E-state index contributed by atoms with van der Waals surface area (Å²) in [6, 6.07) is 1.95. The van der Waals surface area contributed by atoms with Gasteiger partial charge in [0.2, 0.25) is 0 Å². The van der Waals surface area contributed by atoms with Gasteiger partial charge < -0.3 is 10.3 Å². The standard InChI is InChI=1S/C16H17N7OS2/c1-22-13-12(7-19-23(16(13)24)8-10-6-20-26-9-10)14(15(22)17)25-5-3-11-2-4-18-21-11/h2,4,6-7,9H,3,5,8,17H2,1H3,(H,18,21). The van der Waals surface area contributed by atoms with E-state index in [2.05, 4.69) is 19.7 Å². The summed E-state index contributed by atoms with van der Waals surface area (Å²) in [7, 11) is 1.81. The maximum absolute atomic E-state index is 12.9. The molecule has 3 N–H and O–H groups in total. The van der Waals surface area contributed by atoms with Crippen LogP contribution in [0.5, 0.6) is 0 Å². The lowest BCUT2D eigenvalue weighted by molar-refractivity contribution is 0.644. The number of hydrogen-bond acceptors (Lipinski definition) is 7. The summed E-state index contributed by atoms with van der Waals surface area (Å²) in [5.41, 5.74) is 8.65. The molecule has 0 amide bonds. The molecule has 0 bridgehead atoms. The fraction of sp³-hybridized carbons (Fsp3) is 0.250. The van der Waals surface area contributed by atoms with Crippen LogP contribution in [0.25, 0.3) is 10.9 Å². The first-order valence-corrected chi connectivity index (χ1v) is 9.81. The van der Waals surface area contributed by atoms with Crippen LogP contribution in [0, 0.1) is 0 Å². The van der Waals surface area contributed by atoms with Crippen LogP contribution in [-0.2, 0) is 20.0 Å². The molecule has 0 spiro atoms. The van der Waals surface area contributed by atoms with Crippen LogP contribution in [0.4, 0.5) is 5.82 Å².